The Bertz CT molecular complexity index is 939. The number of methoxy groups -OCH3 is 2. The summed E-state index contributed by atoms with van der Waals surface area (Å²) >= 11 is 0. The number of nitrogens with one attached hydrogen (secondary N) is 2. The Balaban J connectivity index is 1.99. The quantitative estimate of drug-likeness (QED) is 0.694. The molecule has 0 aromatic heterocycles. The maximum absolute atomic E-state index is 12.4. The number of aryl methyl sites for hydroxylation is 1. The van der Waals surface area contributed by atoms with Crippen LogP contribution in [0.3, 0.4) is 0 Å². The minimum atomic E-state index is -3.85. The molecule has 2 N–H and O–H groups in total. The molecular weight excluding hydrogens is 372 g/mol. The monoisotopic (exact) mass is 392 g/mol. The minimum Gasteiger partial charge on any atom is -0.497 e. The van der Waals surface area contributed by atoms with Crippen molar-refractivity contribution in [2.75, 3.05) is 26.1 Å². The zero-order valence-corrected chi connectivity index (χ0v) is 15.9. The van der Waals surface area contributed by atoms with E-state index in [1.54, 1.807) is 13.0 Å². The Morgan fingerprint density at radius 1 is 1.04 bits per heavy atom. The van der Waals surface area contributed by atoms with Gasteiger partial charge in [0.25, 0.3) is 0 Å². The van der Waals surface area contributed by atoms with Gasteiger partial charge in [-0.05, 0) is 55.0 Å². The summed E-state index contributed by atoms with van der Waals surface area (Å²) < 4.78 is 36.7. The van der Waals surface area contributed by atoms with Gasteiger partial charge in [-0.1, -0.05) is 0 Å². The lowest BCUT2D eigenvalue weighted by Crippen LogP contribution is -2.33. The topological polar surface area (TPSA) is 111 Å². The molecule has 0 spiro atoms. The fraction of sp³-hybridized carbons (Fsp3) is 0.222. The van der Waals surface area contributed by atoms with Crippen LogP contribution in [0.5, 0.6) is 5.75 Å². The van der Waals surface area contributed by atoms with Gasteiger partial charge in [0.1, 0.15) is 5.75 Å². The van der Waals surface area contributed by atoms with Gasteiger partial charge in [0, 0.05) is 5.69 Å². The molecule has 0 saturated heterocycles. The SMILES string of the molecule is COC(=O)c1ccc(NC(=O)CNS(=O)(=O)c2ccc(OC)cc2C)cc1. The van der Waals surface area contributed by atoms with Gasteiger partial charge in [0.2, 0.25) is 15.9 Å². The molecule has 0 unspecified atom stereocenters. The summed E-state index contributed by atoms with van der Waals surface area (Å²) in [7, 11) is -1.09. The molecular formula is C18H20N2O6S. The Labute approximate surface area is 157 Å². The van der Waals surface area contributed by atoms with Crippen molar-refractivity contribution in [3.63, 3.8) is 0 Å². The second-order valence-electron chi connectivity index (χ2n) is 5.57. The van der Waals surface area contributed by atoms with E-state index >= 15 is 0 Å². The molecule has 0 bridgehead atoms. The second kappa shape index (κ2) is 8.65. The van der Waals surface area contributed by atoms with Crippen LogP contribution in [0.15, 0.2) is 47.4 Å². The van der Waals surface area contributed by atoms with Crippen LogP contribution in [0.2, 0.25) is 0 Å². The number of anilines is 1. The maximum Gasteiger partial charge on any atom is 0.337 e. The van der Waals surface area contributed by atoms with E-state index < -0.39 is 28.4 Å². The van der Waals surface area contributed by atoms with Gasteiger partial charge in [0.15, 0.2) is 0 Å². The number of hydrogen-bond donors (Lipinski definition) is 2. The minimum absolute atomic E-state index is 0.0681. The third-order valence-electron chi connectivity index (χ3n) is 3.68. The summed E-state index contributed by atoms with van der Waals surface area (Å²) in [5, 5.41) is 2.54. The number of sulfonamides is 1. The Kier molecular flexibility index (Phi) is 6.54. The Morgan fingerprint density at radius 2 is 1.70 bits per heavy atom. The molecule has 0 saturated carbocycles. The normalized spacial score (nSPS) is 10.9. The average molecular weight is 392 g/mol. The molecule has 27 heavy (non-hydrogen) atoms. The molecule has 2 aromatic carbocycles. The molecule has 0 atom stereocenters. The van der Waals surface area contributed by atoms with Crippen molar-refractivity contribution < 1.29 is 27.5 Å². The van der Waals surface area contributed by atoms with Crippen molar-refractivity contribution in [2.24, 2.45) is 0 Å². The molecule has 0 radical (unpaired) electrons. The highest BCUT2D eigenvalue weighted by atomic mass is 32.2. The highest BCUT2D eigenvalue weighted by molar-refractivity contribution is 7.89. The van der Waals surface area contributed by atoms with E-state index in [9.17, 15) is 18.0 Å². The summed E-state index contributed by atoms with van der Waals surface area (Å²) in [5.41, 5.74) is 1.26. The van der Waals surface area contributed by atoms with Crippen LogP contribution in [-0.2, 0) is 19.6 Å². The zero-order valence-electron chi connectivity index (χ0n) is 15.1. The van der Waals surface area contributed by atoms with Crippen LogP contribution in [0.4, 0.5) is 5.69 Å². The molecule has 2 aromatic rings. The van der Waals surface area contributed by atoms with Gasteiger partial charge in [0.05, 0.1) is 31.2 Å². The number of ether oxygens (including phenoxy) is 2. The summed E-state index contributed by atoms with van der Waals surface area (Å²) in [5.74, 6) is -0.495. The third-order valence-corrected chi connectivity index (χ3v) is 5.25. The van der Waals surface area contributed by atoms with E-state index in [1.807, 2.05) is 0 Å². The molecule has 0 aliphatic rings. The Hall–Kier alpha value is -2.91. The number of carbonyl (C=O) groups excluding carboxylic acids is 2. The number of esters is 1. The lowest BCUT2D eigenvalue weighted by molar-refractivity contribution is -0.115. The predicted molar refractivity (Wildman–Crippen MR) is 99.3 cm³/mol. The smallest absolute Gasteiger partial charge is 0.337 e. The summed E-state index contributed by atoms with van der Waals surface area (Å²) in [6.07, 6.45) is 0. The first kappa shape index (κ1) is 20.4. The van der Waals surface area contributed by atoms with Gasteiger partial charge in [-0.25, -0.2) is 17.9 Å². The Morgan fingerprint density at radius 3 is 2.26 bits per heavy atom. The maximum atomic E-state index is 12.4. The lowest BCUT2D eigenvalue weighted by atomic mass is 10.2. The molecule has 0 aliphatic carbocycles. The van der Waals surface area contributed by atoms with E-state index in [4.69, 9.17) is 4.74 Å². The summed E-state index contributed by atoms with van der Waals surface area (Å²) in [4.78, 5) is 23.4. The van der Waals surface area contributed by atoms with E-state index in [0.717, 1.165) is 0 Å². The van der Waals surface area contributed by atoms with Crippen molar-refractivity contribution >= 4 is 27.6 Å². The highest BCUT2D eigenvalue weighted by Gasteiger charge is 2.18. The molecule has 0 fully saturated rings. The molecule has 1 amide bonds. The zero-order chi connectivity index (χ0) is 20.0. The first-order chi connectivity index (χ1) is 12.8. The van der Waals surface area contributed by atoms with Gasteiger partial charge < -0.3 is 14.8 Å². The molecule has 2 rings (SSSR count). The van der Waals surface area contributed by atoms with E-state index in [2.05, 4.69) is 14.8 Å². The molecule has 8 nitrogen and oxygen atoms in total. The summed E-state index contributed by atoms with van der Waals surface area (Å²) in [6, 6.07) is 10.6. The van der Waals surface area contributed by atoms with E-state index in [1.165, 1.54) is 50.6 Å². The first-order valence-corrected chi connectivity index (χ1v) is 9.37. The van der Waals surface area contributed by atoms with Crippen molar-refractivity contribution in [2.45, 2.75) is 11.8 Å². The largest absolute Gasteiger partial charge is 0.497 e. The number of rotatable bonds is 7. The van der Waals surface area contributed by atoms with Crippen LogP contribution in [0.25, 0.3) is 0 Å². The van der Waals surface area contributed by atoms with Crippen LogP contribution in [-0.4, -0.2) is 41.1 Å². The molecule has 144 valence electrons. The third kappa shape index (κ3) is 5.28. The van der Waals surface area contributed by atoms with Crippen molar-refractivity contribution in [1.82, 2.24) is 4.72 Å². The first-order valence-electron chi connectivity index (χ1n) is 7.89. The highest BCUT2D eigenvalue weighted by Crippen LogP contribution is 2.20. The van der Waals surface area contributed by atoms with Crippen molar-refractivity contribution in [1.29, 1.82) is 0 Å². The van der Waals surface area contributed by atoms with Crippen LogP contribution in [0.1, 0.15) is 15.9 Å². The van der Waals surface area contributed by atoms with Crippen LogP contribution in [0, 0.1) is 6.92 Å². The van der Waals surface area contributed by atoms with Crippen LogP contribution >= 0.6 is 0 Å². The van der Waals surface area contributed by atoms with Gasteiger partial charge in [-0.3, -0.25) is 4.79 Å². The number of amides is 1. The standard InChI is InChI=1S/C18H20N2O6S/c1-12-10-15(25-2)8-9-16(12)27(23,24)19-11-17(21)20-14-6-4-13(5-7-14)18(22)26-3/h4-10,19H,11H2,1-3H3,(H,20,21). The van der Waals surface area contributed by atoms with Gasteiger partial charge in [-0.15, -0.1) is 0 Å². The average Bonchev–Trinajstić information content (AvgIpc) is 2.66. The van der Waals surface area contributed by atoms with Crippen molar-refractivity contribution in [3.05, 3.63) is 53.6 Å². The molecule has 9 heteroatoms. The van der Waals surface area contributed by atoms with E-state index in [-0.39, 0.29) is 4.90 Å². The predicted octanol–water partition coefficient (Wildman–Crippen LogP) is 1.71. The van der Waals surface area contributed by atoms with Crippen LogP contribution < -0.4 is 14.8 Å². The van der Waals surface area contributed by atoms with Gasteiger partial charge in [-0.2, -0.15) is 0 Å². The summed E-state index contributed by atoms with van der Waals surface area (Å²) in [6.45, 7) is 1.20. The fourth-order valence-corrected chi connectivity index (χ4v) is 3.51. The lowest BCUT2D eigenvalue weighted by Gasteiger charge is -2.11. The van der Waals surface area contributed by atoms with Gasteiger partial charge >= 0.3 is 5.97 Å². The van der Waals surface area contributed by atoms with E-state index in [0.29, 0.717) is 22.6 Å². The number of benzene rings is 2. The fourth-order valence-electron chi connectivity index (χ4n) is 2.30. The number of carbonyl (C=O) groups is 2. The second-order valence-corrected chi connectivity index (χ2v) is 7.31. The number of hydrogen-bond acceptors (Lipinski definition) is 6. The molecule has 0 aliphatic heterocycles. The molecule has 0 heterocycles. The van der Waals surface area contributed by atoms with Crippen molar-refractivity contribution in [3.8, 4) is 5.75 Å².